The van der Waals surface area contributed by atoms with Crippen LogP contribution in [0.15, 0.2) is 36.5 Å². The van der Waals surface area contributed by atoms with Gasteiger partial charge in [0.15, 0.2) is 0 Å². The smallest absolute Gasteiger partial charge is 0.105 e. The van der Waals surface area contributed by atoms with Crippen LogP contribution in [0, 0.1) is 0 Å². The molecule has 1 spiro atoms. The molecular weight excluding hydrogens is 188 g/mol. The summed E-state index contributed by atoms with van der Waals surface area (Å²) in [6.07, 6.45) is 3.91. The van der Waals surface area contributed by atoms with E-state index in [0.717, 1.165) is 43.8 Å². The van der Waals surface area contributed by atoms with Crippen LogP contribution in [0.1, 0.15) is 0 Å². The number of quaternary nitrogens is 1. The number of piperazine rings is 1. The fourth-order valence-electron chi connectivity index (χ4n) is 2.57. The Balaban J connectivity index is 2.10. The highest BCUT2D eigenvalue weighted by Crippen LogP contribution is 2.27. The fraction of sp³-hybridized carbons (Fsp3) is 0.500. The topological polar surface area (TPSA) is 23.5 Å². The molecule has 0 atom stereocenters. The van der Waals surface area contributed by atoms with E-state index in [1.807, 2.05) is 12.2 Å². The van der Waals surface area contributed by atoms with Gasteiger partial charge in [-0.1, -0.05) is 25.3 Å². The molecule has 0 aromatic rings. The minimum atomic E-state index is 0.773. The maximum Gasteiger partial charge on any atom is 0.105 e. The molecule has 1 fully saturated rings. The zero-order valence-corrected chi connectivity index (χ0v) is 9.15. The van der Waals surface area contributed by atoms with Crippen LogP contribution < -0.4 is 0 Å². The van der Waals surface area contributed by atoms with Crippen molar-refractivity contribution in [2.24, 2.45) is 0 Å². The molecule has 0 amide bonds. The fourth-order valence-corrected chi connectivity index (χ4v) is 2.57. The first-order valence-corrected chi connectivity index (χ1v) is 5.45. The molecule has 3 heteroatoms. The summed E-state index contributed by atoms with van der Waals surface area (Å²) >= 11 is 0. The first kappa shape index (κ1) is 10.6. The minimum absolute atomic E-state index is 0.773. The molecule has 0 aromatic heterocycles. The Morgan fingerprint density at radius 1 is 1.07 bits per heavy atom. The third-order valence-corrected chi connectivity index (χ3v) is 3.58. The normalized spacial score (nSPS) is 25.9. The van der Waals surface area contributed by atoms with Crippen LogP contribution in [0.3, 0.4) is 0 Å². The standard InChI is InChI=1S/C12H19N2O/c1-3-11-9-14(10-12(11)4-2)7-5-13(15)6-8-14/h3-4,15H,1-2,5-10H2/q+1. The second-order valence-electron chi connectivity index (χ2n) is 4.52. The van der Waals surface area contributed by atoms with Crippen molar-refractivity contribution >= 4 is 0 Å². The molecule has 82 valence electrons. The van der Waals surface area contributed by atoms with Gasteiger partial charge in [-0.2, -0.15) is 5.06 Å². The molecule has 0 aliphatic carbocycles. The average molecular weight is 207 g/mol. The zero-order chi connectivity index (χ0) is 10.9. The molecule has 0 unspecified atom stereocenters. The molecule has 1 saturated heterocycles. The van der Waals surface area contributed by atoms with Gasteiger partial charge in [-0.05, 0) is 0 Å². The lowest BCUT2D eigenvalue weighted by atomic mass is 10.1. The molecular formula is C12H19N2O+. The van der Waals surface area contributed by atoms with Crippen molar-refractivity contribution < 1.29 is 9.69 Å². The molecule has 2 heterocycles. The first-order valence-electron chi connectivity index (χ1n) is 5.45. The summed E-state index contributed by atoms with van der Waals surface area (Å²) in [5, 5.41) is 10.8. The average Bonchev–Trinajstić information content (AvgIpc) is 2.62. The second-order valence-corrected chi connectivity index (χ2v) is 4.52. The van der Waals surface area contributed by atoms with Gasteiger partial charge in [0.25, 0.3) is 0 Å². The van der Waals surface area contributed by atoms with Crippen LogP contribution in [0.2, 0.25) is 0 Å². The molecule has 2 aliphatic rings. The van der Waals surface area contributed by atoms with Crippen molar-refractivity contribution in [1.29, 1.82) is 0 Å². The van der Waals surface area contributed by atoms with Crippen LogP contribution in [-0.2, 0) is 0 Å². The zero-order valence-electron chi connectivity index (χ0n) is 9.15. The summed E-state index contributed by atoms with van der Waals surface area (Å²) in [5.74, 6) is 0. The van der Waals surface area contributed by atoms with Crippen molar-refractivity contribution in [2.45, 2.75) is 0 Å². The molecule has 2 rings (SSSR count). The molecule has 0 radical (unpaired) electrons. The van der Waals surface area contributed by atoms with Gasteiger partial charge in [0.2, 0.25) is 0 Å². The van der Waals surface area contributed by atoms with Crippen LogP contribution in [0.4, 0.5) is 0 Å². The Morgan fingerprint density at radius 2 is 1.53 bits per heavy atom. The second kappa shape index (κ2) is 3.93. The lowest BCUT2D eigenvalue weighted by molar-refractivity contribution is -0.919. The Labute approximate surface area is 91.2 Å². The predicted molar refractivity (Wildman–Crippen MR) is 60.5 cm³/mol. The van der Waals surface area contributed by atoms with Crippen LogP contribution in [0.5, 0.6) is 0 Å². The van der Waals surface area contributed by atoms with Crippen molar-refractivity contribution in [1.82, 2.24) is 5.06 Å². The Hall–Kier alpha value is -0.900. The van der Waals surface area contributed by atoms with Gasteiger partial charge in [0, 0.05) is 11.1 Å². The number of hydrogen-bond donors (Lipinski definition) is 1. The Bertz CT molecular complexity index is 290. The molecule has 3 nitrogen and oxygen atoms in total. The number of rotatable bonds is 2. The van der Waals surface area contributed by atoms with Gasteiger partial charge in [0.1, 0.15) is 13.1 Å². The summed E-state index contributed by atoms with van der Waals surface area (Å²) < 4.78 is 1.07. The van der Waals surface area contributed by atoms with E-state index in [1.54, 1.807) is 0 Å². The van der Waals surface area contributed by atoms with Crippen LogP contribution in [-0.4, -0.2) is 54.0 Å². The van der Waals surface area contributed by atoms with Gasteiger partial charge in [-0.3, -0.25) is 0 Å². The van der Waals surface area contributed by atoms with Crippen LogP contribution in [0.25, 0.3) is 0 Å². The highest BCUT2D eigenvalue weighted by atomic mass is 16.5. The van der Waals surface area contributed by atoms with Crippen molar-refractivity contribution in [2.75, 3.05) is 39.3 Å². The van der Waals surface area contributed by atoms with E-state index in [9.17, 15) is 5.21 Å². The molecule has 2 aliphatic heterocycles. The molecule has 0 saturated carbocycles. The number of hydrogen-bond acceptors (Lipinski definition) is 2. The largest absolute Gasteiger partial charge is 0.314 e. The summed E-state index contributed by atoms with van der Waals surface area (Å²) in [5.41, 5.74) is 2.66. The molecule has 0 aromatic carbocycles. The SMILES string of the molecule is C=CC1=C(C=C)C[N+]2(CCN(O)CC2)C1. The quantitative estimate of drug-likeness (QED) is 0.688. The molecule has 15 heavy (non-hydrogen) atoms. The maximum atomic E-state index is 9.37. The Morgan fingerprint density at radius 3 is 1.93 bits per heavy atom. The van der Waals surface area contributed by atoms with Gasteiger partial charge in [0.05, 0.1) is 26.2 Å². The molecule has 1 N–H and O–H groups in total. The number of nitrogens with zero attached hydrogens (tertiary/aromatic N) is 2. The van der Waals surface area contributed by atoms with Crippen molar-refractivity contribution in [3.63, 3.8) is 0 Å². The summed E-state index contributed by atoms with van der Waals surface area (Å²) in [6, 6.07) is 0. The third kappa shape index (κ3) is 1.91. The monoisotopic (exact) mass is 207 g/mol. The van der Waals surface area contributed by atoms with E-state index in [1.165, 1.54) is 16.2 Å². The molecule has 0 bridgehead atoms. The minimum Gasteiger partial charge on any atom is -0.314 e. The summed E-state index contributed by atoms with van der Waals surface area (Å²) in [4.78, 5) is 0. The van der Waals surface area contributed by atoms with Gasteiger partial charge >= 0.3 is 0 Å². The van der Waals surface area contributed by atoms with E-state index >= 15 is 0 Å². The summed E-state index contributed by atoms with van der Waals surface area (Å²) in [7, 11) is 0. The van der Waals surface area contributed by atoms with E-state index in [-0.39, 0.29) is 0 Å². The summed E-state index contributed by atoms with van der Waals surface area (Å²) in [6.45, 7) is 13.4. The lowest BCUT2D eigenvalue weighted by Crippen LogP contribution is -2.58. The predicted octanol–water partition coefficient (Wildman–Crippen LogP) is 1.19. The third-order valence-electron chi connectivity index (χ3n) is 3.58. The van der Waals surface area contributed by atoms with E-state index in [4.69, 9.17) is 0 Å². The van der Waals surface area contributed by atoms with Crippen LogP contribution >= 0.6 is 0 Å². The van der Waals surface area contributed by atoms with Gasteiger partial charge in [-0.25, -0.2) is 0 Å². The lowest BCUT2D eigenvalue weighted by Gasteiger charge is -2.40. The van der Waals surface area contributed by atoms with E-state index in [0.29, 0.717) is 0 Å². The highest BCUT2D eigenvalue weighted by molar-refractivity contribution is 5.34. The first-order chi connectivity index (χ1) is 7.19. The maximum absolute atomic E-state index is 9.37. The van der Waals surface area contributed by atoms with Gasteiger partial charge < -0.3 is 9.69 Å². The van der Waals surface area contributed by atoms with Crippen molar-refractivity contribution in [3.05, 3.63) is 36.5 Å². The van der Waals surface area contributed by atoms with Gasteiger partial charge in [-0.15, -0.1) is 0 Å². The van der Waals surface area contributed by atoms with E-state index < -0.39 is 0 Å². The number of hydroxylamine groups is 2. The van der Waals surface area contributed by atoms with E-state index in [2.05, 4.69) is 13.2 Å². The highest BCUT2D eigenvalue weighted by Gasteiger charge is 2.38. The van der Waals surface area contributed by atoms with Crippen molar-refractivity contribution in [3.8, 4) is 0 Å². The Kier molecular flexibility index (Phi) is 2.78.